The molecule has 0 radical (unpaired) electrons. The van der Waals surface area contributed by atoms with E-state index in [1.54, 1.807) is 7.11 Å². The lowest BCUT2D eigenvalue weighted by atomic mass is 10.1. The Kier molecular flexibility index (Phi) is 5.20. The van der Waals surface area contributed by atoms with E-state index in [2.05, 4.69) is 10.2 Å². The molecule has 150 valence electrons. The molecule has 0 bridgehead atoms. The van der Waals surface area contributed by atoms with Gasteiger partial charge in [0.25, 0.3) is 5.91 Å². The highest BCUT2D eigenvalue weighted by atomic mass is 16.5. The Morgan fingerprint density at radius 1 is 1.17 bits per heavy atom. The quantitative estimate of drug-likeness (QED) is 0.658. The third-order valence-electron chi connectivity index (χ3n) is 5.17. The smallest absolute Gasteiger partial charge is 0.254 e. The average molecular weight is 392 g/mol. The summed E-state index contributed by atoms with van der Waals surface area (Å²) in [4.78, 5) is 17.0. The molecule has 0 spiro atoms. The summed E-state index contributed by atoms with van der Waals surface area (Å²) >= 11 is 0. The van der Waals surface area contributed by atoms with E-state index < -0.39 is 0 Å². The molecule has 1 aliphatic rings. The molecule has 0 saturated carbocycles. The van der Waals surface area contributed by atoms with Gasteiger partial charge in [0, 0.05) is 37.5 Å². The van der Waals surface area contributed by atoms with Gasteiger partial charge < -0.3 is 19.0 Å². The minimum absolute atomic E-state index is 0.0164. The topological polar surface area (TPSA) is 71.7 Å². The van der Waals surface area contributed by atoms with Crippen molar-refractivity contribution < 1.29 is 13.9 Å². The number of aromatic nitrogens is 2. The second-order valence-electron chi connectivity index (χ2n) is 7.28. The Hall–Kier alpha value is -3.35. The minimum atomic E-state index is -0.211. The maximum Gasteiger partial charge on any atom is 0.254 e. The van der Waals surface area contributed by atoms with Gasteiger partial charge in [-0.05, 0) is 49.2 Å². The van der Waals surface area contributed by atoms with E-state index in [1.165, 1.54) is 0 Å². The zero-order chi connectivity index (χ0) is 20.4. The number of hydrogen-bond acceptors (Lipinski definition) is 6. The molecule has 1 unspecified atom stereocenters. The van der Waals surface area contributed by atoms with Gasteiger partial charge in [-0.15, -0.1) is 10.2 Å². The number of rotatable bonds is 5. The first-order valence-electron chi connectivity index (χ1n) is 9.63. The zero-order valence-electron chi connectivity index (χ0n) is 16.8. The van der Waals surface area contributed by atoms with Crippen LogP contribution in [0.15, 0.2) is 52.9 Å². The van der Waals surface area contributed by atoms with Crippen LogP contribution in [0.3, 0.4) is 0 Å². The number of carbonyl (C=O) groups excluding carboxylic acids is 1. The second kappa shape index (κ2) is 7.95. The second-order valence-corrected chi connectivity index (χ2v) is 7.28. The van der Waals surface area contributed by atoms with Gasteiger partial charge in [0.1, 0.15) is 11.8 Å². The molecule has 1 fully saturated rings. The Labute approximate surface area is 169 Å². The molecular weight excluding hydrogens is 368 g/mol. The van der Waals surface area contributed by atoms with Gasteiger partial charge in [0.15, 0.2) is 0 Å². The van der Waals surface area contributed by atoms with Crippen LogP contribution in [-0.4, -0.2) is 48.8 Å². The van der Waals surface area contributed by atoms with Crippen molar-refractivity contribution in [3.63, 3.8) is 0 Å². The number of methoxy groups -OCH3 is 1. The molecule has 0 N–H and O–H groups in total. The molecular formula is C22H24N4O3. The maximum atomic E-state index is 13.2. The number of nitrogens with zero attached hydrogens (tertiary/aromatic N) is 4. The Balaban J connectivity index is 1.58. The van der Waals surface area contributed by atoms with E-state index in [-0.39, 0.29) is 11.9 Å². The summed E-state index contributed by atoms with van der Waals surface area (Å²) in [5, 5.41) is 8.44. The Morgan fingerprint density at radius 2 is 2.00 bits per heavy atom. The van der Waals surface area contributed by atoms with Gasteiger partial charge in [-0.1, -0.05) is 12.1 Å². The monoisotopic (exact) mass is 392 g/mol. The summed E-state index contributed by atoms with van der Waals surface area (Å²) in [5.41, 5.74) is 2.44. The van der Waals surface area contributed by atoms with Crippen LogP contribution in [0.5, 0.6) is 5.75 Å². The van der Waals surface area contributed by atoms with Crippen LogP contribution in [0, 0.1) is 0 Å². The predicted molar refractivity (Wildman–Crippen MR) is 110 cm³/mol. The van der Waals surface area contributed by atoms with E-state index in [9.17, 15) is 4.79 Å². The molecule has 1 aromatic heterocycles. The molecule has 1 aliphatic heterocycles. The summed E-state index contributed by atoms with van der Waals surface area (Å²) in [6.07, 6.45) is 1.71. The Bertz CT molecular complexity index is 1010. The average Bonchev–Trinajstić information content (AvgIpc) is 3.42. The Morgan fingerprint density at radius 3 is 2.79 bits per heavy atom. The standard InChI is InChI=1S/C22H24N4O3/c1-25(2)17-9-4-8-16(13-17)22(27)26-12-6-11-19(26)21-24-23-20(29-21)15-7-5-10-18(14-15)28-3/h4-5,7-10,13-14,19H,6,11-12H2,1-3H3. The molecule has 7 heteroatoms. The molecule has 0 aliphatic carbocycles. The number of amides is 1. The number of carbonyl (C=O) groups is 1. The highest BCUT2D eigenvalue weighted by molar-refractivity contribution is 5.95. The normalized spacial score (nSPS) is 16.1. The predicted octanol–water partition coefficient (Wildman–Crippen LogP) is 3.79. The van der Waals surface area contributed by atoms with Crippen LogP contribution in [-0.2, 0) is 0 Å². The van der Waals surface area contributed by atoms with E-state index in [0.717, 1.165) is 29.8 Å². The van der Waals surface area contributed by atoms with E-state index in [1.807, 2.05) is 72.4 Å². The highest BCUT2D eigenvalue weighted by Crippen LogP contribution is 2.34. The largest absolute Gasteiger partial charge is 0.497 e. The molecule has 7 nitrogen and oxygen atoms in total. The lowest BCUT2D eigenvalue weighted by Gasteiger charge is -2.23. The molecule has 2 aromatic carbocycles. The number of hydrogen-bond donors (Lipinski definition) is 0. The first kappa shape index (κ1) is 19.0. The van der Waals surface area contributed by atoms with Crippen LogP contribution in [0.1, 0.15) is 35.1 Å². The van der Waals surface area contributed by atoms with E-state index in [0.29, 0.717) is 23.9 Å². The van der Waals surface area contributed by atoms with Gasteiger partial charge in [-0.3, -0.25) is 4.79 Å². The van der Waals surface area contributed by atoms with E-state index >= 15 is 0 Å². The van der Waals surface area contributed by atoms with Gasteiger partial charge >= 0.3 is 0 Å². The molecule has 3 aromatic rings. The van der Waals surface area contributed by atoms with Crippen molar-refractivity contribution in [1.29, 1.82) is 0 Å². The molecule has 1 atom stereocenters. The summed E-state index contributed by atoms with van der Waals surface area (Å²) in [7, 11) is 5.53. The lowest BCUT2D eigenvalue weighted by Crippen LogP contribution is -2.30. The number of ether oxygens (including phenoxy) is 1. The highest BCUT2D eigenvalue weighted by Gasteiger charge is 2.34. The first-order chi connectivity index (χ1) is 14.1. The van der Waals surface area contributed by atoms with Crippen molar-refractivity contribution in [2.75, 3.05) is 32.6 Å². The molecule has 29 heavy (non-hydrogen) atoms. The van der Waals surface area contributed by atoms with Gasteiger partial charge in [0.05, 0.1) is 7.11 Å². The molecule has 1 saturated heterocycles. The fraction of sp³-hybridized carbons (Fsp3) is 0.318. The summed E-state index contributed by atoms with van der Waals surface area (Å²) < 4.78 is 11.2. The minimum Gasteiger partial charge on any atom is -0.497 e. The first-order valence-corrected chi connectivity index (χ1v) is 9.63. The van der Waals surface area contributed by atoms with Gasteiger partial charge in [-0.2, -0.15) is 0 Å². The third kappa shape index (κ3) is 3.81. The van der Waals surface area contributed by atoms with Crippen molar-refractivity contribution in [3.05, 3.63) is 60.0 Å². The van der Waals surface area contributed by atoms with Crippen LogP contribution < -0.4 is 9.64 Å². The van der Waals surface area contributed by atoms with Crippen LogP contribution in [0.2, 0.25) is 0 Å². The fourth-order valence-electron chi connectivity index (χ4n) is 3.59. The van der Waals surface area contributed by atoms with Crippen LogP contribution in [0.25, 0.3) is 11.5 Å². The summed E-state index contributed by atoms with van der Waals surface area (Å²) in [5.74, 6) is 1.60. The van der Waals surface area contributed by atoms with Gasteiger partial charge in [-0.25, -0.2) is 0 Å². The van der Waals surface area contributed by atoms with Crippen molar-refractivity contribution in [2.45, 2.75) is 18.9 Å². The van der Waals surface area contributed by atoms with Crippen LogP contribution >= 0.6 is 0 Å². The van der Waals surface area contributed by atoms with Crippen molar-refractivity contribution in [3.8, 4) is 17.2 Å². The zero-order valence-corrected chi connectivity index (χ0v) is 16.8. The fourth-order valence-corrected chi connectivity index (χ4v) is 3.59. The van der Waals surface area contributed by atoms with E-state index in [4.69, 9.17) is 9.15 Å². The van der Waals surface area contributed by atoms with Gasteiger partial charge in [0.2, 0.25) is 11.8 Å². The van der Waals surface area contributed by atoms with Crippen LogP contribution in [0.4, 0.5) is 5.69 Å². The molecule has 4 rings (SSSR count). The maximum absolute atomic E-state index is 13.2. The van der Waals surface area contributed by atoms with Crippen molar-refractivity contribution in [1.82, 2.24) is 15.1 Å². The number of anilines is 1. The third-order valence-corrected chi connectivity index (χ3v) is 5.17. The van der Waals surface area contributed by atoms with Crippen molar-refractivity contribution >= 4 is 11.6 Å². The number of benzene rings is 2. The lowest BCUT2D eigenvalue weighted by molar-refractivity contribution is 0.0716. The molecule has 1 amide bonds. The molecule has 2 heterocycles. The summed E-state index contributed by atoms with van der Waals surface area (Å²) in [6, 6.07) is 14.9. The summed E-state index contributed by atoms with van der Waals surface area (Å²) in [6.45, 7) is 0.673. The number of likely N-dealkylation sites (tertiary alicyclic amines) is 1. The SMILES string of the molecule is COc1cccc(-c2nnc(C3CCCN3C(=O)c3cccc(N(C)C)c3)o2)c1. The van der Waals surface area contributed by atoms with Crippen molar-refractivity contribution in [2.24, 2.45) is 0 Å².